The summed E-state index contributed by atoms with van der Waals surface area (Å²) in [4.78, 5) is 14.9. The van der Waals surface area contributed by atoms with Crippen LogP contribution in [0.2, 0.25) is 0 Å². The maximum atomic E-state index is 3.74. The Morgan fingerprint density at radius 3 is 2.00 bits per heavy atom. The van der Waals surface area contributed by atoms with Gasteiger partial charge < -0.3 is 0 Å². The molecule has 0 aromatic heterocycles. The van der Waals surface area contributed by atoms with Gasteiger partial charge in [-0.25, -0.2) is 4.99 Å². The second kappa shape index (κ2) is 4.55. The molecule has 0 bridgehead atoms. The Labute approximate surface area is 59.1 Å². The number of hydrogen-bond acceptors (Lipinski definition) is 4. The van der Waals surface area contributed by atoms with Crippen LogP contribution in [0.4, 0.5) is 0 Å². The van der Waals surface area contributed by atoms with Crippen LogP contribution in [0.25, 0.3) is 0 Å². The molecule has 0 aliphatic carbocycles. The van der Waals surface area contributed by atoms with E-state index in [1.54, 1.807) is 25.0 Å². The minimum absolute atomic E-state index is 0.639. The van der Waals surface area contributed by atoms with Gasteiger partial charge in [0.1, 0.15) is 13.0 Å². The molecule has 0 saturated heterocycles. The summed E-state index contributed by atoms with van der Waals surface area (Å²) in [7, 11) is 0. The van der Waals surface area contributed by atoms with Gasteiger partial charge in [-0.2, -0.15) is 0 Å². The topological polar surface area (TPSA) is 49.4 Å². The van der Waals surface area contributed by atoms with Crippen LogP contribution in [-0.4, -0.2) is 38.2 Å². The van der Waals surface area contributed by atoms with Crippen LogP contribution in [0, 0.1) is 0 Å². The van der Waals surface area contributed by atoms with Gasteiger partial charge in [-0.15, -0.1) is 0 Å². The summed E-state index contributed by atoms with van der Waals surface area (Å²) in [6.45, 7) is 1.42. The first-order chi connectivity index (χ1) is 5.00. The predicted molar refractivity (Wildman–Crippen MR) is 43.7 cm³/mol. The van der Waals surface area contributed by atoms with Gasteiger partial charge in [-0.1, -0.05) is 0 Å². The molecule has 2 heterocycles. The molecule has 10 heavy (non-hydrogen) atoms. The number of rotatable bonds is 0. The maximum absolute atomic E-state index is 3.74. The van der Waals surface area contributed by atoms with E-state index >= 15 is 0 Å². The van der Waals surface area contributed by atoms with Gasteiger partial charge in [0.2, 0.25) is 0 Å². The fourth-order valence-electron chi connectivity index (χ4n) is 0.471. The van der Waals surface area contributed by atoms with Crippen molar-refractivity contribution in [2.75, 3.05) is 13.2 Å². The Hall–Kier alpha value is -1.32. The number of aliphatic imine (C=N–C) groups is 4. The lowest BCUT2D eigenvalue weighted by Crippen LogP contribution is -1.65. The van der Waals surface area contributed by atoms with Crippen molar-refractivity contribution < 1.29 is 0 Å². The molecule has 0 spiro atoms. The van der Waals surface area contributed by atoms with Crippen LogP contribution in [-0.2, 0) is 0 Å². The van der Waals surface area contributed by atoms with E-state index in [1.165, 1.54) is 0 Å². The van der Waals surface area contributed by atoms with Crippen molar-refractivity contribution in [3.05, 3.63) is 0 Å². The van der Waals surface area contributed by atoms with E-state index in [9.17, 15) is 0 Å². The average Bonchev–Trinajstić information content (AvgIpc) is 2.67. The first kappa shape index (κ1) is 6.80. The molecule has 4 heteroatoms. The zero-order chi connectivity index (χ0) is 7.07. The van der Waals surface area contributed by atoms with Crippen molar-refractivity contribution in [3.63, 3.8) is 0 Å². The van der Waals surface area contributed by atoms with Gasteiger partial charge in [0.25, 0.3) is 0 Å². The Morgan fingerprint density at radius 2 is 1.80 bits per heavy atom. The van der Waals surface area contributed by atoms with Crippen molar-refractivity contribution in [2.24, 2.45) is 20.0 Å². The Kier molecular flexibility index (Phi) is 3.09. The third-order valence-corrected chi connectivity index (χ3v) is 0.882. The maximum Gasteiger partial charge on any atom is 0.129 e. The van der Waals surface area contributed by atoms with Gasteiger partial charge in [0.15, 0.2) is 0 Å². The van der Waals surface area contributed by atoms with Gasteiger partial charge in [0, 0.05) is 18.6 Å². The van der Waals surface area contributed by atoms with Crippen molar-refractivity contribution in [3.8, 4) is 0 Å². The van der Waals surface area contributed by atoms with Crippen LogP contribution in [0.15, 0.2) is 20.0 Å². The highest BCUT2D eigenvalue weighted by molar-refractivity contribution is 6.17. The standard InChI is InChI=1S/2C3H4N2/c2*1-2-5-3-4-1/h1,3H,2H2;1-2H,3H2. The molecule has 2 aliphatic rings. The monoisotopic (exact) mass is 136 g/mol. The Balaban J connectivity index is 0.0000001000. The van der Waals surface area contributed by atoms with Crippen LogP contribution in [0.5, 0.6) is 0 Å². The smallest absolute Gasteiger partial charge is 0.129 e. The normalized spacial score (nSPS) is 17.6. The molecular weight excluding hydrogens is 128 g/mol. The summed E-state index contributed by atoms with van der Waals surface area (Å²) in [5.41, 5.74) is 0. The molecule has 0 saturated carbocycles. The van der Waals surface area contributed by atoms with E-state index in [0.717, 1.165) is 6.54 Å². The molecule has 0 atom stereocenters. The van der Waals surface area contributed by atoms with Gasteiger partial charge in [-0.05, 0) is 0 Å². The molecule has 0 N–H and O–H groups in total. The minimum atomic E-state index is 0.639. The van der Waals surface area contributed by atoms with Gasteiger partial charge >= 0.3 is 0 Å². The lowest BCUT2D eigenvalue weighted by molar-refractivity contribution is 1.11. The number of nitrogens with zero attached hydrogens (tertiary/aromatic N) is 4. The van der Waals surface area contributed by atoms with E-state index in [4.69, 9.17) is 0 Å². The van der Waals surface area contributed by atoms with Crippen molar-refractivity contribution in [1.82, 2.24) is 0 Å². The SMILES string of the molecule is C1=NC=NC1.C1=NCN=C1. The van der Waals surface area contributed by atoms with Crippen molar-refractivity contribution in [2.45, 2.75) is 0 Å². The molecule has 0 amide bonds. The molecule has 0 fully saturated rings. The molecule has 0 radical (unpaired) electrons. The van der Waals surface area contributed by atoms with Crippen molar-refractivity contribution >= 4 is 25.0 Å². The highest BCUT2D eigenvalue weighted by atomic mass is 14.9. The van der Waals surface area contributed by atoms with E-state index in [2.05, 4.69) is 20.0 Å². The molecule has 0 unspecified atom stereocenters. The summed E-state index contributed by atoms with van der Waals surface area (Å²) in [6.07, 6.45) is 6.71. The minimum Gasteiger partial charge on any atom is -0.268 e. The highest BCUT2D eigenvalue weighted by Gasteiger charge is 1.73. The first-order valence-corrected chi connectivity index (χ1v) is 2.98. The van der Waals surface area contributed by atoms with E-state index in [-0.39, 0.29) is 0 Å². The summed E-state index contributed by atoms with van der Waals surface area (Å²) in [5.74, 6) is 0. The molecular formula is C6H8N4. The molecule has 52 valence electrons. The summed E-state index contributed by atoms with van der Waals surface area (Å²) in [5, 5.41) is 0. The van der Waals surface area contributed by atoms with Crippen molar-refractivity contribution in [1.29, 1.82) is 0 Å². The second-order valence-electron chi connectivity index (χ2n) is 1.62. The van der Waals surface area contributed by atoms with Crippen LogP contribution < -0.4 is 0 Å². The zero-order valence-corrected chi connectivity index (χ0v) is 5.51. The van der Waals surface area contributed by atoms with E-state index in [1.807, 2.05) is 0 Å². The predicted octanol–water partition coefficient (Wildman–Crippen LogP) is 0.198. The fourth-order valence-corrected chi connectivity index (χ4v) is 0.471. The fraction of sp³-hybridized carbons (Fsp3) is 0.333. The van der Waals surface area contributed by atoms with Crippen LogP contribution in [0.3, 0.4) is 0 Å². The summed E-state index contributed by atoms with van der Waals surface area (Å²) < 4.78 is 0. The Bertz CT molecular complexity index is 148. The van der Waals surface area contributed by atoms with Gasteiger partial charge in [0.05, 0.1) is 6.54 Å². The van der Waals surface area contributed by atoms with Gasteiger partial charge in [-0.3, -0.25) is 15.0 Å². The van der Waals surface area contributed by atoms with Crippen LogP contribution in [0.1, 0.15) is 0 Å². The second-order valence-corrected chi connectivity index (χ2v) is 1.62. The third-order valence-electron chi connectivity index (χ3n) is 0.882. The molecule has 2 rings (SSSR count). The molecule has 2 aliphatic heterocycles. The zero-order valence-electron chi connectivity index (χ0n) is 5.51. The molecule has 0 aromatic rings. The first-order valence-electron chi connectivity index (χ1n) is 2.98. The lowest BCUT2D eigenvalue weighted by atomic mass is 10.8. The average molecular weight is 136 g/mol. The molecule has 4 nitrogen and oxygen atoms in total. The summed E-state index contributed by atoms with van der Waals surface area (Å²) >= 11 is 0. The summed E-state index contributed by atoms with van der Waals surface area (Å²) in [6, 6.07) is 0. The van der Waals surface area contributed by atoms with Crippen LogP contribution >= 0.6 is 0 Å². The number of hydrogen-bond donors (Lipinski definition) is 0. The largest absolute Gasteiger partial charge is 0.268 e. The Morgan fingerprint density at radius 1 is 1.00 bits per heavy atom. The van der Waals surface area contributed by atoms with E-state index < -0.39 is 0 Å². The quantitative estimate of drug-likeness (QED) is 0.456. The highest BCUT2D eigenvalue weighted by Crippen LogP contribution is 1.73. The molecule has 0 aromatic carbocycles. The lowest BCUT2D eigenvalue weighted by Gasteiger charge is -1.61. The third kappa shape index (κ3) is 2.86. The van der Waals surface area contributed by atoms with E-state index in [0.29, 0.717) is 6.67 Å².